The fraction of sp³-hybridized carbons (Fsp3) is 0.154. The second-order valence-electron chi connectivity index (χ2n) is 7.47. The monoisotopic (exact) mass is 479 g/mol. The zero-order chi connectivity index (χ0) is 24.4. The second-order valence-corrected chi connectivity index (χ2v) is 7.88. The Kier molecular flexibility index (Phi) is 6.47. The summed E-state index contributed by atoms with van der Waals surface area (Å²) >= 11 is 6.30. The number of amides is 1. The number of anilines is 1. The maximum atomic E-state index is 13.3. The lowest BCUT2D eigenvalue weighted by atomic mass is 9.94. The molecule has 3 aromatic carbocycles. The van der Waals surface area contributed by atoms with Crippen molar-refractivity contribution in [1.29, 1.82) is 0 Å². The molecule has 1 amide bonds. The quantitative estimate of drug-likeness (QED) is 0.304. The molecule has 1 atom stereocenters. The van der Waals surface area contributed by atoms with Crippen molar-refractivity contribution >= 4 is 34.7 Å². The van der Waals surface area contributed by atoms with E-state index >= 15 is 0 Å². The van der Waals surface area contributed by atoms with E-state index in [1.54, 1.807) is 48.5 Å². The molecule has 7 nitrogen and oxygen atoms in total. The Morgan fingerprint density at radius 1 is 0.882 bits per heavy atom. The summed E-state index contributed by atoms with van der Waals surface area (Å²) in [5.41, 5.74) is 1.16. The number of rotatable bonds is 6. The van der Waals surface area contributed by atoms with Gasteiger partial charge in [-0.05, 0) is 35.9 Å². The van der Waals surface area contributed by atoms with Crippen molar-refractivity contribution in [3.63, 3.8) is 0 Å². The number of aliphatic hydroxyl groups excluding tert-OH is 1. The molecule has 0 aromatic heterocycles. The number of methoxy groups -OCH3 is 3. The van der Waals surface area contributed by atoms with E-state index in [0.717, 1.165) is 0 Å². The van der Waals surface area contributed by atoms with E-state index in [-0.39, 0.29) is 21.9 Å². The van der Waals surface area contributed by atoms with Crippen LogP contribution in [-0.2, 0) is 9.59 Å². The molecule has 8 heteroatoms. The van der Waals surface area contributed by atoms with Gasteiger partial charge in [-0.3, -0.25) is 14.5 Å². The number of ether oxygens (including phenoxy) is 3. The first-order valence-corrected chi connectivity index (χ1v) is 10.7. The van der Waals surface area contributed by atoms with Crippen LogP contribution in [0.4, 0.5) is 5.69 Å². The van der Waals surface area contributed by atoms with Gasteiger partial charge in [0.15, 0.2) is 0 Å². The Morgan fingerprint density at radius 3 is 2.24 bits per heavy atom. The molecular formula is C26H22ClNO6. The van der Waals surface area contributed by atoms with Gasteiger partial charge in [-0.25, -0.2) is 0 Å². The molecule has 1 unspecified atom stereocenters. The van der Waals surface area contributed by atoms with Crippen molar-refractivity contribution in [2.45, 2.75) is 6.04 Å². The summed E-state index contributed by atoms with van der Waals surface area (Å²) in [5.74, 6) is -0.896. The molecule has 0 saturated carbocycles. The van der Waals surface area contributed by atoms with Gasteiger partial charge in [0, 0.05) is 11.8 Å². The number of hydrogen-bond acceptors (Lipinski definition) is 6. The predicted molar refractivity (Wildman–Crippen MR) is 129 cm³/mol. The van der Waals surface area contributed by atoms with Crippen LogP contribution in [0.25, 0.3) is 5.76 Å². The normalized spacial score (nSPS) is 17.1. The van der Waals surface area contributed by atoms with E-state index < -0.39 is 23.5 Å². The first-order valence-electron chi connectivity index (χ1n) is 10.3. The van der Waals surface area contributed by atoms with Crippen molar-refractivity contribution in [1.82, 2.24) is 0 Å². The lowest BCUT2D eigenvalue weighted by Gasteiger charge is -2.26. The van der Waals surface area contributed by atoms with Crippen LogP contribution in [0.1, 0.15) is 17.2 Å². The van der Waals surface area contributed by atoms with Gasteiger partial charge in [0.2, 0.25) is 0 Å². The molecule has 1 aliphatic rings. The largest absolute Gasteiger partial charge is 0.507 e. The van der Waals surface area contributed by atoms with E-state index in [4.69, 9.17) is 25.8 Å². The summed E-state index contributed by atoms with van der Waals surface area (Å²) in [6.07, 6.45) is 0. The van der Waals surface area contributed by atoms with Crippen LogP contribution in [0, 0.1) is 0 Å². The third-order valence-corrected chi connectivity index (χ3v) is 5.91. The molecular weight excluding hydrogens is 458 g/mol. The highest BCUT2D eigenvalue weighted by Gasteiger charge is 2.47. The molecule has 0 bridgehead atoms. The highest BCUT2D eigenvalue weighted by atomic mass is 35.5. The molecule has 0 radical (unpaired) electrons. The van der Waals surface area contributed by atoms with Crippen molar-refractivity contribution in [2.75, 3.05) is 26.2 Å². The molecule has 3 aromatic rings. The number of carbonyl (C=O) groups excluding carboxylic acids is 2. The van der Waals surface area contributed by atoms with Gasteiger partial charge in [-0.1, -0.05) is 41.9 Å². The third kappa shape index (κ3) is 3.95. The highest BCUT2D eigenvalue weighted by molar-refractivity contribution is 6.51. The lowest BCUT2D eigenvalue weighted by Crippen LogP contribution is -2.29. The van der Waals surface area contributed by atoms with E-state index in [1.807, 2.05) is 6.07 Å². The van der Waals surface area contributed by atoms with Gasteiger partial charge in [0.05, 0.1) is 43.5 Å². The Balaban J connectivity index is 1.99. The first kappa shape index (κ1) is 23.2. The minimum Gasteiger partial charge on any atom is -0.507 e. The first-order chi connectivity index (χ1) is 16.4. The van der Waals surface area contributed by atoms with Gasteiger partial charge in [0.1, 0.15) is 23.0 Å². The van der Waals surface area contributed by atoms with Gasteiger partial charge >= 0.3 is 0 Å². The van der Waals surface area contributed by atoms with Crippen LogP contribution in [0.2, 0.25) is 5.02 Å². The number of carbonyl (C=O) groups is 2. The van der Waals surface area contributed by atoms with Gasteiger partial charge < -0.3 is 19.3 Å². The van der Waals surface area contributed by atoms with Gasteiger partial charge in [-0.15, -0.1) is 0 Å². The second kappa shape index (κ2) is 9.49. The average molecular weight is 480 g/mol. The number of benzene rings is 3. The minimum absolute atomic E-state index is 0.0957. The van der Waals surface area contributed by atoms with Gasteiger partial charge in [0.25, 0.3) is 11.7 Å². The van der Waals surface area contributed by atoms with E-state index in [1.165, 1.54) is 38.4 Å². The van der Waals surface area contributed by atoms with Crippen molar-refractivity contribution < 1.29 is 28.9 Å². The van der Waals surface area contributed by atoms with Crippen LogP contribution in [0.5, 0.6) is 17.2 Å². The molecule has 4 rings (SSSR count). The number of halogens is 1. The van der Waals surface area contributed by atoms with Crippen LogP contribution < -0.4 is 19.1 Å². The summed E-state index contributed by atoms with van der Waals surface area (Å²) in [6, 6.07) is 17.8. The van der Waals surface area contributed by atoms with Crippen LogP contribution in [0.3, 0.4) is 0 Å². The van der Waals surface area contributed by atoms with Crippen LogP contribution in [0.15, 0.2) is 72.3 Å². The lowest BCUT2D eigenvalue weighted by molar-refractivity contribution is -0.132. The Hall–Kier alpha value is -3.97. The number of hydrogen-bond donors (Lipinski definition) is 1. The number of aliphatic hydroxyl groups is 1. The van der Waals surface area contributed by atoms with Gasteiger partial charge in [-0.2, -0.15) is 0 Å². The summed E-state index contributed by atoms with van der Waals surface area (Å²) in [6.45, 7) is 0. The van der Waals surface area contributed by atoms with Crippen molar-refractivity contribution in [3.8, 4) is 17.2 Å². The zero-order valence-corrected chi connectivity index (χ0v) is 19.5. The molecule has 0 aliphatic carbocycles. The highest BCUT2D eigenvalue weighted by Crippen LogP contribution is 2.45. The van der Waals surface area contributed by atoms with E-state index in [9.17, 15) is 14.7 Å². The Morgan fingerprint density at radius 2 is 1.59 bits per heavy atom. The average Bonchev–Trinajstić information content (AvgIpc) is 3.14. The predicted octanol–water partition coefficient (Wildman–Crippen LogP) is 4.99. The van der Waals surface area contributed by atoms with Crippen molar-refractivity contribution in [3.05, 3.63) is 88.5 Å². The molecule has 1 saturated heterocycles. The summed E-state index contributed by atoms with van der Waals surface area (Å²) in [7, 11) is 4.40. The molecule has 1 heterocycles. The zero-order valence-electron chi connectivity index (χ0n) is 18.7. The SMILES string of the molecule is COc1cccc(C2/C(=C(\O)c3cc(Cl)c(OC)cc3OC)C(=O)C(=O)N2c2ccccc2)c1. The smallest absolute Gasteiger partial charge is 0.300 e. The Bertz CT molecular complexity index is 1290. The summed E-state index contributed by atoms with van der Waals surface area (Å²) < 4.78 is 16.0. The Labute approximate surface area is 201 Å². The molecule has 1 N–H and O–H groups in total. The van der Waals surface area contributed by atoms with E-state index in [0.29, 0.717) is 22.7 Å². The molecule has 1 fully saturated rings. The summed E-state index contributed by atoms with van der Waals surface area (Å²) in [4.78, 5) is 27.9. The van der Waals surface area contributed by atoms with Crippen molar-refractivity contribution in [2.24, 2.45) is 0 Å². The topological polar surface area (TPSA) is 85.3 Å². The molecule has 0 spiro atoms. The maximum absolute atomic E-state index is 13.3. The third-order valence-electron chi connectivity index (χ3n) is 5.62. The minimum atomic E-state index is -0.914. The standard InChI is InChI=1S/C26H22ClNO6/c1-32-17-11-7-8-15(12-17)23-22(25(30)26(31)28(23)16-9-5-4-6-10-16)24(29)18-13-19(27)21(34-3)14-20(18)33-2/h4-14,23,29H,1-3H3/b24-22+. The number of Topliss-reactive ketones (excluding diaryl/α,β-unsaturated/α-hetero) is 1. The molecule has 34 heavy (non-hydrogen) atoms. The summed E-state index contributed by atoms with van der Waals surface area (Å²) in [5, 5.41) is 11.6. The molecule has 1 aliphatic heterocycles. The van der Waals surface area contributed by atoms with Crippen LogP contribution >= 0.6 is 11.6 Å². The number of nitrogens with zero attached hydrogens (tertiary/aromatic N) is 1. The maximum Gasteiger partial charge on any atom is 0.300 e. The fourth-order valence-corrected chi connectivity index (χ4v) is 4.25. The molecule has 174 valence electrons. The fourth-order valence-electron chi connectivity index (χ4n) is 4.00. The number of para-hydroxylation sites is 1. The van der Waals surface area contributed by atoms with Crippen LogP contribution in [-0.4, -0.2) is 38.1 Å². The number of ketones is 1. The van der Waals surface area contributed by atoms with E-state index in [2.05, 4.69) is 0 Å².